The van der Waals surface area contributed by atoms with E-state index in [4.69, 9.17) is 32.7 Å². The van der Waals surface area contributed by atoms with Crippen molar-refractivity contribution >= 4 is 23.2 Å². The number of hydrogen-bond acceptors (Lipinski definition) is 2. The molecule has 0 aliphatic carbocycles. The Morgan fingerprint density at radius 2 is 2.14 bits per heavy atom. The normalized spacial score (nSPS) is 19.5. The maximum Gasteiger partial charge on any atom is 0.139 e. The van der Waals surface area contributed by atoms with Gasteiger partial charge >= 0.3 is 0 Å². The summed E-state index contributed by atoms with van der Waals surface area (Å²) in [7, 11) is 0. The van der Waals surface area contributed by atoms with Crippen molar-refractivity contribution in [2.24, 2.45) is 0 Å². The van der Waals surface area contributed by atoms with Crippen molar-refractivity contribution in [3.63, 3.8) is 0 Å². The van der Waals surface area contributed by atoms with Crippen molar-refractivity contribution in [2.45, 2.75) is 13.0 Å². The lowest BCUT2D eigenvalue weighted by atomic mass is 10.2. The maximum absolute atomic E-state index is 6.00. The lowest BCUT2D eigenvalue weighted by Gasteiger charge is -2.08. The van der Waals surface area contributed by atoms with E-state index in [1.807, 2.05) is 19.1 Å². The molecule has 0 saturated carbocycles. The Kier molecular flexibility index (Phi) is 2.86. The molecule has 1 aromatic rings. The number of halogens is 2. The largest absolute Gasteiger partial charge is 0.489 e. The van der Waals surface area contributed by atoms with Gasteiger partial charge in [0, 0.05) is 0 Å². The van der Waals surface area contributed by atoms with E-state index in [9.17, 15) is 0 Å². The second-order valence-electron chi connectivity index (χ2n) is 3.27. The fourth-order valence-electron chi connectivity index (χ4n) is 1.09. The summed E-state index contributed by atoms with van der Waals surface area (Å²) in [6, 6.07) is 3.71. The van der Waals surface area contributed by atoms with Crippen LogP contribution in [0.15, 0.2) is 12.1 Å². The van der Waals surface area contributed by atoms with Gasteiger partial charge in [0.15, 0.2) is 0 Å². The van der Waals surface area contributed by atoms with Crippen LogP contribution in [-0.4, -0.2) is 19.3 Å². The Hall–Kier alpha value is -0.440. The monoisotopic (exact) mass is 232 g/mol. The third-order valence-electron chi connectivity index (χ3n) is 2.07. The van der Waals surface area contributed by atoms with E-state index in [2.05, 4.69) is 0 Å². The van der Waals surface area contributed by atoms with Crippen LogP contribution in [0.2, 0.25) is 10.0 Å². The molecule has 0 radical (unpaired) electrons. The average molecular weight is 233 g/mol. The summed E-state index contributed by atoms with van der Waals surface area (Å²) in [4.78, 5) is 0. The van der Waals surface area contributed by atoms with Crippen molar-refractivity contribution in [1.82, 2.24) is 0 Å². The first-order valence-electron chi connectivity index (χ1n) is 4.37. The molecule has 1 saturated heterocycles. The van der Waals surface area contributed by atoms with Crippen LogP contribution in [0.5, 0.6) is 5.75 Å². The smallest absolute Gasteiger partial charge is 0.139 e. The van der Waals surface area contributed by atoms with Crippen molar-refractivity contribution in [1.29, 1.82) is 0 Å². The minimum Gasteiger partial charge on any atom is -0.489 e. The number of aryl methyl sites for hydroxylation is 1. The summed E-state index contributed by atoms with van der Waals surface area (Å²) in [6.45, 7) is 3.22. The molecule has 76 valence electrons. The van der Waals surface area contributed by atoms with Gasteiger partial charge in [0.1, 0.15) is 23.5 Å². The van der Waals surface area contributed by atoms with E-state index in [1.54, 1.807) is 0 Å². The van der Waals surface area contributed by atoms with E-state index in [0.29, 0.717) is 22.4 Å². The molecule has 0 N–H and O–H groups in total. The fraction of sp³-hybridized carbons (Fsp3) is 0.400. The Bertz CT molecular complexity index is 348. The van der Waals surface area contributed by atoms with Gasteiger partial charge in [-0.1, -0.05) is 29.3 Å². The summed E-state index contributed by atoms with van der Waals surface area (Å²) in [5.41, 5.74) is 0.951. The number of benzene rings is 1. The molecule has 2 nitrogen and oxygen atoms in total. The summed E-state index contributed by atoms with van der Waals surface area (Å²) >= 11 is 12.0. The Balaban J connectivity index is 2.11. The van der Waals surface area contributed by atoms with Gasteiger partial charge in [-0.3, -0.25) is 0 Å². The van der Waals surface area contributed by atoms with E-state index in [-0.39, 0.29) is 6.10 Å². The zero-order chi connectivity index (χ0) is 10.1. The molecule has 1 heterocycles. The Morgan fingerprint density at radius 3 is 2.79 bits per heavy atom. The summed E-state index contributed by atoms with van der Waals surface area (Å²) < 4.78 is 10.5. The molecule has 0 aromatic heterocycles. The minimum absolute atomic E-state index is 0.228. The van der Waals surface area contributed by atoms with Crippen LogP contribution in [-0.2, 0) is 4.74 Å². The topological polar surface area (TPSA) is 21.8 Å². The van der Waals surface area contributed by atoms with Crippen LogP contribution >= 0.6 is 23.2 Å². The van der Waals surface area contributed by atoms with E-state index in [0.717, 1.165) is 12.2 Å². The Morgan fingerprint density at radius 1 is 1.43 bits per heavy atom. The first-order chi connectivity index (χ1) is 6.68. The first-order valence-corrected chi connectivity index (χ1v) is 5.13. The maximum atomic E-state index is 6.00. The van der Waals surface area contributed by atoms with Gasteiger partial charge in [-0.25, -0.2) is 0 Å². The highest BCUT2D eigenvalue weighted by molar-refractivity contribution is 6.43. The molecule has 1 aromatic carbocycles. The zero-order valence-electron chi connectivity index (χ0n) is 7.72. The third kappa shape index (κ3) is 2.14. The number of epoxide rings is 1. The number of ether oxygens (including phenoxy) is 2. The van der Waals surface area contributed by atoms with E-state index < -0.39 is 0 Å². The predicted molar refractivity (Wildman–Crippen MR) is 56.4 cm³/mol. The number of hydrogen-bond donors (Lipinski definition) is 0. The second kappa shape index (κ2) is 3.97. The predicted octanol–water partition coefficient (Wildman–Crippen LogP) is 3.08. The SMILES string of the molecule is Cc1ccc(OCC2CO2)c(Cl)c1Cl. The fourth-order valence-corrected chi connectivity index (χ4v) is 1.51. The van der Waals surface area contributed by atoms with E-state index in [1.165, 1.54) is 0 Å². The van der Waals surface area contributed by atoms with E-state index >= 15 is 0 Å². The number of rotatable bonds is 3. The van der Waals surface area contributed by atoms with Gasteiger partial charge < -0.3 is 9.47 Å². The molecular weight excluding hydrogens is 223 g/mol. The lowest BCUT2D eigenvalue weighted by molar-refractivity contribution is 0.263. The molecule has 2 rings (SSSR count). The van der Waals surface area contributed by atoms with Crippen LogP contribution < -0.4 is 4.74 Å². The molecule has 1 aliphatic heterocycles. The summed E-state index contributed by atoms with van der Waals surface area (Å²) in [6.07, 6.45) is 0.228. The van der Waals surface area contributed by atoms with Crippen LogP contribution in [0.4, 0.5) is 0 Å². The van der Waals surface area contributed by atoms with Gasteiger partial charge in [-0.15, -0.1) is 0 Å². The molecule has 0 bridgehead atoms. The van der Waals surface area contributed by atoms with Crippen LogP contribution in [0.25, 0.3) is 0 Å². The standard InChI is InChI=1S/C10H10Cl2O2/c1-6-2-3-8(10(12)9(6)11)14-5-7-4-13-7/h2-3,7H,4-5H2,1H3. The van der Waals surface area contributed by atoms with Gasteiger partial charge in [0.05, 0.1) is 11.6 Å². The van der Waals surface area contributed by atoms with Gasteiger partial charge in [0.25, 0.3) is 0 Å². The zero-order valence-corrected chi connectivity index (χ0v) is 9.23. The highest BCUT2D eigenvalue weighted by Gasteiger charge is 2.23. The lowest BCUT2D eigenvalue weighted by Crippen LogP contribution is -2.04. The van der Waals surface area contributed by atoms with Crippen molar-refractivity contribution < 1.29 is 9.47 Å². The average Bonchev–Trinajstić information content (AvgIpc) is 2.97. The Labute approximate surface area is 92.7 Å². The molecule has 1 atom stereocenters. The molecule has 1 fully saturated rings. The quantitative estimate of drug-likeness (QED) is 0.748. The third-order valence-corrected chi connectivity index (χ3v) is 3.03. The van der Waals surface area contributed by atoms with Crippen molar-refractivity contribution in [3.8, 4) is 5.75 Å². The van der Waals surface area contributed by atoms with Crippen LogP contribution in [0.3, 0.4) is 0 Å². The molecule has 4 heteroatoms. The first kappa shape index (κ1) is 10.1. The van der Waals surface area contributed by atoms with Gasteiger partial charge in [-0.05, 0) is 18.6 Å². The molecule has 1 aliphatic rings. The van der Waals surface area contributed by atoms with Crippen LogP contribution in [0.1, 0.15) is 5.56 Å². The van der Waals surface area contributed by atoms with Crippen molar-refractivity contribution in [3.05, 3.63) is 27.7 Å². The van der Waals surface area contributed by atoms with Crippen molar-refractivity contribution in [2.75, 3.05) is 13.2 Å². The molecule has 0 amide bonds. The highest BCUT2D eigenvalue weighted by Crippen LogP contribution is 2.34. The molecular formula is C10H10Cl2O2. The molecule has 14 heavy (non-hydrogen) atoms. The van der Waals surface area contributed by atoms with Gasteiger partial charge in [0.2, 0.25) is 0 Å². The van der Waals surface area contributed by atoms with Crippen LogP contribution in [0, 0.1) is 6.92 Å². The second-order valence-corrected chi connectivity index (χ2v) is 4.03. The molecule has 1 unspecified atom stereocenters. The summed E-state index contributed by atoms with van der Waals surface area (Å²) in [5.74, 6) is 0.623. The molecule has 0 spiro atoms. The summed E-state index contributed by atoms with van der Waals surface area (Å²) in [5, 5.41) is 1.04. The highest BCUT2D eigenvalue weighted by atomic mass is 35.5. The van der Waals surface area contributed by atoms with Gasteiger partial charge in [-0.2, -0.15) is 0 Å². The minimum atomic E-state index is 0.228.